The van der Waals surface area contributed by atoms with Gasteiger partial charge in [0.05, 0.1) is 0 Å². The maximum atomic E-state index is 3.69. The van der Waals surface area contributed by atoms with Crippen LogP contribution in [-0.4, -0.2) is 12.1 Å². The van der Waals surface area contributed by atoms with Gasteiger partial charge < -0.3 is 5.32 Å². The van der Waals surface area contributed by atoms with Gasteiger partial charge in [0.1, 0.15) is 0 Å². The fourth-order valence-electron chi connectivity index (χ4n) is 3.11. The molecule has 0 aromatic carbocycles. The Bertz CT molecular complexity index is 144. The van der Waals surface area contributed by atoms with Gasteiger partial charge in [-0.2, -0.15) is 0 Å². The van der Waals surface area contributed by atoms with Crippen LogP contribution in [0.15, 0.2) is 0 Å². The van der Waals surface area contributed by atoms with E-state index in [9.17, 15) is 0 Å². The standard InChI is InChI=1S/C10H19N/c1-9(2)7-10(8-9)5-3-4-6-11-10/h11H,3-8H2,1-2H3. The third-order valence-corrected chi connectivity index (χ3v) is 3.22. The minimum absolute atomic E-state index is 0.585. The normalized spacial score (nSPS) is 33.3. The van der Waals surface area contributed by atoms with Crippen molar-refractivity contribution in [1.82, 2.24) is 5.32 Å². The van der Waals surface area contributed by atoms with Crippen molar-refractivity contribution in [3.05, 3.63) is 0 Å². The monoisotopic (exact) mass is 153 g/mol. The number of hydrogen-bond donors (Lipinski definition) is 1. The van der Waals surface area contributed by atoms with E-state index < -0.39 is 0 Å². The second-order valence-electron chi connectivity index (χ2n) is 5.18. The van der Waals surface area contributed by atoms with Gasteiger partial charge in [-0.15, -0.1) is 0 Å². The molecular weight excluding hydrogens is 134 g/mol. The maximum absolute atomic E-state index is 3.69. The summed E-state index contributed by atoms with van der Waals surface area (Å²) in [7, 11) is 0. The number of piperidine rings is 1. The van der Waals surface area contributed by atoms with E-state index >= 15 is 0 Å². The van der Waals surface area contributed by atoms with Gasteiger partial charge in [0, 0.05) is 5.54 Å². The topological polar surface area (TPSA) is 12.0 Å². The average molecular weight is 153 g/mol. The molecule has 1 spiro atoms. The molecule has 1 N–H and O–H groups in total. The first kappa shape index (κ1) is 7.60. The number of rotatable bonds is 0. The Balaban J connectivity index is 1.94. The molecule has 0 bridgehead atoms. The minimum atomic E-state index is 0.585. The van der Waals surface area contributed by atoms with Crippen LogP contribution in [0.25, 0.3) is 0 Å². The van der Waals surface area contributed by atoms with Crippen LogP contribution in [0.5, 0.6) is 0 Å². The van der Waals surface area contributed by atoms with Crippen molar-refractivity contribution in [3.63, 3.8) is 0 Å². The van der Waals surface area contributed by atoms with Gasteiger partial charge in [-0.3, -0.25) is 0 Å². The molecule has 0 radical (unpaired) electrons. The van der Waals surface area contributed by atoms with Crippen molar-refractivity contribution in [3.8, 4) is 0 Å². The van der Waals surface area contributed by atoms with Gasteiger partial charge in [0.2, 0.25) is 0 Å². The Morgan fingerprint density at radius 3 is 2.27 bits per heavy atom. The summed E-state index contributed by atoms with van der Waals surface area (Å²) in [5, 5.41) is 3.69. The van der Waals surface area contributed by atoms with Crippen LogP contribution in [0.2, 0.25) is 0 Å². The van der Waals surface area contributed by atoms with Crippen LogP contribution in [0.1, 0.15) is 46.0 Å². The zero-order valence-electron chi connectivity index (χ0n) is 7.74. The van der Waals surface area contributed by atoms with Crippen LogP contribution in [0.4, 0.5) is 0 Å². The summed E-state index contributed by atoms with van der Waals surface area (Å²) in [4.78, 5) is 0. The third kappa shape index (κ3) is 1.31. The van der Waals surface area contributed by atoms with Crippen molar-refractivity contribution >= 4 is 0 Å². The van der Waals surface area contributed by atoms with Gasteiger partial charge >= 0.3 is 0 Å². The molecule has 1 heteroatoms. The van der Waals surface area contributed by atoms with Crippen molar-refractivity contribution in [1.29, 1.82) is 0 Å². The minimum Gasteiger partial charge on any atom is -0.311 e. The molecule has 1 saturated heterocycles. The van der Waals surface area contributed by atoms with E-state index in [1.54, 1.807) is 0 Å². The first-order chi connectivity index (χ1) is 5.12. The van der Waals surface area contributed by atoms with Crippen molar-refractivity contribution < 1.29 is 0 Å². The van der Waals surface area contributed by atoms with Crippen molar-refractivity contribution in [2.75, 3.05) is 6.54 Å². The Labute approximate surface area is 69.6 Å². The van der Waals surface area contributed by atoms with E-state index in [4.69, 9.17) is 0 Å². The highest BCUT2D eigenvalue weighted by atomic mass is 15.0. The highest BCUT2D eigenvalue weighted by Crippen LogP contribution is 2.51. The largest absolute Gasteiger partial charge is 0.311 e. The molecule has 1 aliphatic heterocycles. The zero-order chi connectivity index (χ0) is 7.95. The summed E-state index contributed by atoms with van der Waals surface area (Å²) in [5.41, 5.74) is 1.21. The lowest BCUT2D eigenvalue weighted by molar-refractivity contribution is 0.0117. The maximum Gasteiger partial charge on any atom is 0.0191 e. The SMILES string of the molecule is CC1(C)CC2(CCCCN2)C1. The second kappa shape index (κ2) is 2.22. The summed E-state index contributed by atoms with van der Waals surface area (Å²) in [6.45, 7) is 6.03. The van der Waals surface area contributed by atoms with E-state index in [0.717, 1.165) is 0 Å². The van der Waals surface area contributed by atoms with Crippen molar-refractivity contribution in [2.24, 2.45) is 5.41 Å². The zero-order valence-corrected chi connectivity index (χ0v) is 7.74. The van der Waals surface area contributed by atoms with E-state index in [2.05, 4.69) is 19.2 Å². The van der Waals surface area contributed by atoms with Crippen LogP contribution in [0, 0.1) is 5.41 Å². The molecule has 1 aliphatic carbocycles. The molecule has 0 aromatic rings. The Morgan fingerprint density at radius 1 is 1.09 bits per heavy atom. The molecule has 2 rings (SSSR count). The van der Waals surface area contributed by atoms with E-state index in [1.807, 2.05) is 0 Å². The van der Waals surface area contributed by atoms with Gasteiger partial charge in [-0.25, -0.2) is 0 Å². The molecule has 64 valence electrons. The molecule has 1 nitrogen and oxygen atoms in total. The van der Waals surface area contributed by atoms with Crippen LogP contribution in [-0.2, 0) is 0 Å². The highest BCUT2D eigenvalue weighted by Gasteiger charge is 2.48. The summed E-state index contributed by atoms with van der Waals surface area (Å²) in [6.07, 6.45) is 7.07. The number of nitrogens with one attached hydrogen (secondary N) is 1. The van der Waals surface area contributed by atoms with Gasteiger partial charge in [-0.05, 0) is 37.6 Å². The lowest BCUT2D eigenvalue weighted by Gasteiger charge is -2.55. The fraction of sp³-hybridized carbons (Fsp3) is 1.00. The summed E-state index contributed by atoms with van der Waals surface area (Å²) >= 11 is 0. The molecule has 0 amide bonds. The van der Waals surface area contributed by atoms with Gasteiger partial charge in [-0.1, -0.05) is 20.3 Å². The summed E-state index contributed by atoms with van der Waals surface area (Å²) in [5.74, 6) is 0. The molecule has 11 heavy (non-hydrogen) atoms. The smallest absolute Gasteiger partial charge is 0.0191 e. The van der Waals surface area contributed by atoms with E-state index in [-0.39, 0.29) is 0 Å². The van der Waals surface area contributed by atoms with Crippen LogP contribution < -0.4 is 5.32 Å². The second-order valence-corrected chi connectivity index (χ2v) is 5.18. The van der Waals surface area contributed by atoms with E-state index in [0.29, 0.717) is 11.0 Å². The molecule has 0 unspecified atom stereocenters. The molecule has 2 fully saturated rings. The van der Waals surface area contributed by atoms with Crippen LogP contribution in [0.3, 0.4) is 0 Å². The lowest BCUT2D eigenvalue weighted by atomic mass is 9.57. The predicted molar refractivity (Wildman–Crippen MR) is 47.6 cm³/mol. The molecule has 1 saturated carbocycles. The van der Waals surface area contributed by atoms with E-state index in [1.165, 1.54) is 38.6 Å². The van der Waals surface area contributed by atoms with Gasteiger partial charge in [0.25, 0.3) is 0 Å². The molecule has 1 heterocycles. The van der Waals surface area contributed by atoms with Crippen molar-refractivity contribution in [2.45, 2.75) is 51.5 Å². The molecule has 2 aliphatic rings. The summed E-state index contributed by atoms with van der Waals surface area (Å²) < 4.78 is 0. The Kier molecular flexibility index (Phi) is 1.54. The molecule has 0 aromatic heterocycles. The molecular formula is C10H19N. The average Bonchev–Trinajstić information content (AvgIpc) is 1.85. The first-order valence-electron chi connectivity index (χ1n) is 4.87. The predicted octanol–water partition coefficient (Wildman–Crippen LogP) is 2.32. The fourth-order valence-corrected chi connectivity index (χ4v) is 3.11. The first-order valence-corrected chi connectivity index (χ1v) is 4.87. The Morgan fingerprint density at radius 2 is 1.82 bits per heavy atom. The lowest BCUT2D eigenvalue weighted by Crippen LogP contribution is -2.60. The highest BCUT2D eigenvalue weighted by molar-refractivity contribution is 5.06. The quantitative estimate of drug-likeness (QED) is 0.563. The van der Waals surface area contributed by atoms with Crippen LogP contribution >= 0.6 is 0 Å². The summed E-state index contributed by atoms with van der Waals surface area (Å²) in [6, 6.07) is 0. The number of hydrogen-bond acceptors (Lipinski definition) is 1. The third-order valence-electron chi connectivity index (χ3n) is 3.22. The van der Waals surface area contributed by atoms with Gasteiger partial charge in [0.15, 0.2) is 0 Å². The Hall–Kier alpha value is -0.0400. The molecule has 0 atom stereocenters.